The normalized spacial score (nSPS) is 20.2. The molecular weight excluding hydrogens is 512 g/mol. The van der Waals surface area contributed by atoms with Crippen molar-refractivity contribution in [3.05, 3.63) is 35.5 Å². The van der Waals surface area contributed by atoms with E-state index in [-0.39, 0.29) is 55.3 Å². The van der Waals surface area contributed by atoms with Gasteiger partial charge in [0.15, 0.2) is 6.10 Å². The molecule has 1 aromatic carbocycles. The number of benzene rings is 1. The fourth-order valence-electron chi connectivity index (χ4n) is 4.36. The molecule has 0 saturated carbocycles. The monoisotopic (exact) mass is 537 g/mol. The summed E-state index contributed by atoms with van der Waals surface area (Å²) in [4.78, 5) is 30.4. The minimum atomic E-state index is -5.36. The second-order valence-corrected chi connectivity index (χ2v) is 8.89. The van der Waals surface area contributed by atoms with Gasteiger partial charge in [0.2, 0.25) is 0 Å². The quantitative estimate of drug-likeness (QED) is 0.570. The van der Waals surface area contributed by atoms with Crippen LogP contribution < -0.4 is 10.2 Å². The maximum absolute atomic E-state index is 13.9. The first-order valence-corrected chi connectivity index (χ1v) is 11.7. The number of morpholine rings is 1. The Morgan fingerprint density at radius 1 is 1.11 bits per heavy atom. The van der Waals surface area contributed by atoms with Crippen LogP contribution in [-0.4, -0.2) is 79.9 Å². The molecule has 1 aromatic heterocycles. The van der Waals surface area contributed by atoms with Crippen molar-refractivity contribution in [1.82, 2.24) is 14.9 Å². The number of hydrogen-bond donors (Lipinski definition) is 1. The summed E-state index contributed by atoms with van der Waals surface area (Å²) >= 11 is 0. The van der Waals surface area contributed by atoms with Crippen molar-refractivity contribution in [3.63, 3.8) is 0 Å². The van der Waals surface area contributed by atoms with Crippen LogP contribution in [0.5, 0.6) is 0 Å². The van der Waals surface area contributed by atoms with Gasteiger partial charge in [0, 0.05) is 25.0 Å². The minimum Gasteiger partial charge on any atom is -0.378 e. The number of amides is 1. The number of hydrogen-bond acceptors (Lipinski definition) is 6. The third-order valence-electron chi connectivity index (χ3n) is 6.20. The Labute approximate surface area is 207 Å². The number of carbonyl (C=O) groups excluding carboxylic acids is 2. The molecule has 1 amide bonds. The first kappa shape index (κ1) is 27.2. The summed E-state index contributed by atoms with van der Waals surface area (Å²) in [7, 11) is 0. The molecule has 2 aliphatic heterocycles. The van der Waals surface area contributed by atoms with Crippen LogP contribution in [0.2, 0.25) is 0 Å². The van der Waals surface area contributed by atoms with Gasteiger partial charge in [-0.15, -0.1) is 0 Å². The number of rotatable bonds is 6. The Kier molecular flexibility index (Phi) is 7.99. The van der Waals surface area contributed by atoms with Crippen LogP contribution in [0.4, 0.5) is 26.3 Å². The molecule has 8 nitrogen and oxygen atoms in total. The van der Waals surface area contributed by atoms with Gasteiger partial charge in [-0.2, -0.15) is 31.1 Å². The van der Waals surface area contributed by atoms with Crippen molar-refractivity contribution in [2.24, 2.45) is 5.92 Å². The summed E-state index contributed by atoms with van der Waals surface area (Å²) in [6.45, 7) is 1.85. The maximum atomic E-state index is 13.9. The Hall–Kier alpha value is -2.84. The van der Waals surface area contributed by atoms with Gasteiger partial charge in [-0.25, -0.2) is 4.79 Å². The van der Waals surface area contributed by atoms with Crippen LogP contribution >= 0.6 is 0 Å². The molecule has 2 atom stereocenters. The summed E-state index contributed by atoms with van der Waals surface area (Å²) in [5.41, 5.74) is -0.923. The van der Waals surface area contributed by atoms with Crippen LogP contribution in [0, 0.1) is 5.92 Å². The first-order valence-electron chi connectivity index (χ1n) is 11.7. The smallest absolute Gasteiger partial charge is 0.378 e. The van der Waals surface area contributed by atoms with Crippen molar-refractivity contribution in [1.29, 1.82) is 0 Å². The molecule has 204 valence electrons. The molecule has 0 aliphatic carbocycles. The number of fused-ring (bicyclic) bond motifs is 1. The molecule has 3 heterocycles. The fraction of sp³-hybridized carbons (Fsp3) is 0.565. The number of ether oxygens (including phenoxy) is 2. The minimum absolute atomic E-state index is 0.0266. The second kappa shape index (κ2) is 10.9. The van der Waals surface area contributed by atoms with E-state index in [2.05, 4.69) is 10.2 Å². The molecule has 2 saturated heterocycles. The largest absolute Gasteiger partial charge is 0.493 e. The van der Waals surface area contributed by atoms with E-state index in [4.69, 9.17) is 9.47 Å². The zero-order chi connectivity index (χ0) is 26.8. The average Bonchev–Trinajstić information content (AvgIpc) is 3.21. The van der Waals surface area contributed by atoms with Crippen LogP contribution in [-0.2, 0) is 14.3 Å². The summed E-state index contributed by atoms with van der Waals surface area (Å²) in [6.07, 6.45) is -10.9. The van der Waals surface area contributed by atoms with Crippen LogP contribution in [0.3, 0.4) is 0 Å². The number of alkyl halides is 6. The van der Waals surface area contributed by atoms with Gasteiger partial charge in [-0.1, -0.05) is 6.07 Å². The van der Waals surface area contributed by atoms with Gasteiger partial charge < -0.3 is 24.5 Å². The summed E-state index contributed by atoms with van der Waals surface area (Å²) in [6, 6.07) is 4.26. The second-order valence-electron chi connectivity index (χ2n) is 8.89. The number of aromatic nitrogens is 1. The topological polar surface area (TPSA) is 82.0 Å². The molecule has 0 bridgehead atoms. The predicted octanol–water partition coefficient (Wildman–Crippen LogP) is 3.25. The summed E-state index contributed by atoms with van der Waals surface area (Å²) < 4.78 is 91.3. The number of nitrogens with zero attached hydrogens (tertiary/aromatic N) is 2. The molecule has 1 N–H and O–H groups in total. The Bertz CT molecular complexity index is 1120. The Morgan fingerprint density at radius 3 is 2.46 bits per heavy atom. The lowest BCUT2D eigenvalue weighted by molar-refractivity contribution is -0.227. The molecule has 1 unspecified atom stereocenters. The third-order valence-corrected chi connectivity index (χ3v) is 6.20. The van der Waals surface area contributed by atoms with Crippen molar-refractivity contribution in [3.8, 4) is 0 Å². The molecule has 2 aliphatic rings. The van der Waals surface area contributed by atoms with Gasteiger partial charge in [-0.05, 0) is 49.1 Å². The van der Waals surface area contributed by atoms with E-state index < -0.39 is 36.0 Å². The summed E-state index contributed by atoms with van der Waals surface area (Å²) in [5.74, 6) is -3.44. The van der Waals surface area contributed by atoms with E-state index in [0.29, 0.717) is 11.3 Å². The van der Waals surface area contributed by atoms with Crippen LogP contribution in [0.25, 0.3) is 10.9 Å². The molecule has 0 spiro atoms. The predicted molar refractivity (Wildman–Crippen MR) is 117 cm³/mol. The van der Waals surface area contributed by atoms with E-state index in [0.717, 1.165) is 43.7 Å². The highest BCUT2D eigenvalue weighted by molar-refractivity contribution is 5.99. The van der Waals surface area contributed by atoms with E-state index in [1.807, 2.05) is 0 Å². The number of nitrogens with one attached hydrogen (secondary N) is 1. The van der Waals surface area contributed by atoms with Crippen LogP contribution in [0.15, 0.2) is 24.3 Å². The molecule has 14 heteroatoms. The highest BCUT2D eigenvalue weighted by atomic mass is 19.4. The van der Waals surface area contributed by atoms with E-state index in [1.54, 1.807) is 0 Å². The van der Waals surface area contributed by atoms with E-state index >= 15 is 0 Å². The number of carbonyl (C=O) groups is 2. The lowest BCUT2D eigenvalue weighted by Gasteiger charge is -2.27. The highest BCUT2D eigenvalue weighted by Gasteiger charge is 2.44. The zero-order valence-electron chi connectivity index (χ0n) is 19.5. The molecule has 37 heavy (non-hydrogen) atoms. The fourth-order valence-corrected chi connectivity index (χ4v) is 4.36. The van der Waals surface area contributed by atoms with Gasteiger partial charge >= 0.3 is 18.3 Å². The van der Waals surface area contributed by atoms with E-state index in [1.165, 1.54) is 4.90 Å². The van der Waals surface area contributed by atoms with Crippen LogP contribution in [0.1, 0.15) is 35.0 Å². The molecule has 0 radical (unpaired) electrons. The maximum Gasteiger partial charge on any atom is 0.493 e. The number of piperidine rings is 1. The highest BCUT2D eigenvalue weighted by Crippen LogP contribution is 2.38. The molecule has 2 aromatic rings. The van der Waals surface area contributed by atoms with Gasteiger partial charge in [-0.3, -0.25) is 4.79 Å². The molecule has 4 rings (SSSR count). The van der Waals surface area contributed by atoms with Crippen molar-refractivity contribution in [2.45, 2.75) is 31.3 Å². The average molecular weight is 537 g/mol. The van der Waals surface area contributed by atoms with Crippen molar-refractivity contribution < 1.29 is 50.2 Å². The van der Waals surface area contributed by atoms with Crippen molar-refractivity contribution >= 4 is 22.8 Å². The van der Waals surface area contributed by atoms with Gasteiger partial charge in [0.25, 0.3) is 5.91 Å². The molecular formula is C23H25F6N3O5. The first-order chi connectivity index (χ1) is 17.4. The zero-order valence-corrected chi connectivity index (χ0v) is 19.5. The summed E-state index contributed by atoms with van der Waals surface area (Å²) in [5, 5.41) is 3.08. The van der Waals surface area contributed by atoms with E-state index in [9.17, 15) is 35.9 Å². The van der Waals surface area contributed by atoms with Gasteiger partial charge in [0.1, 0.15) is 5.69 Å². The number of halogens is 6. The Balaban J connectivity index is 1.69. The lowest BCUT2D eigenvalue weighted by atomic mass is 10.0. The SMILES string of the molecule is O=C(c1cc2cc(C(OC[C@H]3CCCNC3)C(F)(F)F)ccc2n1OC(=O)C(F)(F)F)N1CCOCC1. The van der Waals surface area contributed by atoms with Crippen molar-refractivity contribution in [2.75, 3.05) is 46.0 Å². The lowest BCUT2D eigenvalue weighted by Crippen LogP contribution is -2.42. The molecule has 2 fully saturated rings. The third kappa shape index (κ3) is 6.36. The standard InChI is InChI=1S/C23H25F6N3O5/c24-22(25,26)19(36-13-14-2-1-5-30-12-14)15-3-4-17-16(10-15)11-18(20(33)31-6-8-35-9-7-31)32(17)37-21(34)23(27,28)29/h3-4,10-11,14,19,30H,1-2,5-9,12-13H2/t14-,19?/m0/s1. The van der Waals surface area contributed by atoms with Gasteiger partial charge in [0.05, 0.1) is 25.3 Å². The Morgan fingerprint density at radius 2 is 1.84 bits per heavy atom.